The van der Waals surface area contributed by atoms with Crippen LogP contribution in [0.25, 0.3) is 0 Å². The van der Waals surface area contributed by atoms with Crippen LogP contribution in [0.2, 0.25) is 0 Å². The van der Waals surface area contributed by atoms with Crippen molar-refractivity contribution < 1.29 is 0 Å². The monoisotopic (exact) mass is 195 g/mol. The van der Waals surface area contributed by atoms with Crippen LogP contribution in [0.5, 0.6) is 0 Å². The first-order valence-electron chi connectivity index (χ1n) is 5.11. The summed E-state index contributed by atoms with van der Waals surface area (Å²) in [5.74, 6) is 0.682. The van der Waals surface area contributed by atoms with Crippen LogP contribution in [0.1, 0.15) is 37.5 Å². The molecule has 1 nitrogen and oxygen atoms in total. The highest BCUT2D eigenvalue weighted by Gasteiger charge is 2.14. The fourth-order valence-electron chi connectivity index (χ4n) is 1.79. The second-order valence-corrected chi connectivity index (χ2v) is 5.00. The normalized spacial score (nSPS) is 17.3. The van der Waals surface area contributed by atoms with Crippen LogP contribution in [0, 0.1) is 0 Å². The number of hydrogen-bond donors (Lipinski definition) is 0. The molecule has 0 radical (unpaired) electrons. The van der Waals surface area contributed by atoms with Crippen LogP contribution in [0.3, 0.4) is 0 Å². The molecule has 0 aliphatic carbocycles. The molecule has 1 aromatic heterocycles. The third-order valence-electron chi connectivity index (χ3n) is 2.65. The van der Waals surface area contributed by atoms with Gasteiger partial charge in [0.15, 0.2) is 0 Å². The van der Waals surface area contributed by atoms with E-state index in [2.05, 4.69) is 30.2 Å². The minimum absolute atomic E-state index is 0.682. The Kier molecular flexibility index (Phi) is 2.58. The van der Waals surface area contributed by atoms with Gasteiger partial charge in [-0.25, -0.2) is 0 Å². The number of hydrogen-bond acceptors (Lipinski definition) is 2. The molecule has 0 amide bonds. The fraction of sp³-hybridized carbons (Fsp3) is 0.636. The van der Waals surface area contributed by atoms with Gasteiger partial charge in [0.2, 0.25) is 0 Å². The third kappa shape index (κ3) is 1.88. The van der Waals surface area contributed by atoms with Crippen molar-refractivity contribution in [2.24, 2.45) is 0 Å². The van der Waals surface area contributed by atoms with Gasteiger partial charge in [-0.2, -0.15) is 0 Å². The van der Waals surface area contributed by atoms with E-state index in [1.165, 1.54) is 36.5 Å². The van der Waals surface area contributed by atoms with Crippen molar-refractivity contribution in [2.45, 2.75) is 32.6 Å². The van der Waals surface area contributed by atoms with Gasteiger partial charge in [0.25, 0.3) is 0 Å². The van der Waals surface area contributed by atoms with E-state index < -0.39 is 0 Å². The number of anilines is 1. The minimum Gasteiger partial charge on any atom is -0.371 e. The van der Waals surface area contributed by atoms with E-state index >= 15 is 0 Å². The molecule has 1 aliphatic rings. The van der Waals surface area contributed by atoms with Crippen molar-refractivity contribution in [2.75, 3.05) is 18.0 Å². The lowest BCUT2D eigenvalue weighted by Gasteiger charge is -2.14. The quantitative estimate of drug-likeness (QED) is 0.698. The van der Waals surface area contributed by atoms with Crippen molar-refractivity contribution in [1.82, 2.24) is 0 Å². The molecular weight excluding hydrogens is 178 g/mol. The molecule has 13 heavy (non-hydrogen) atoms. The zero-order valence-electron chi connectivity index (χ0n) is 8.42. The average molecular weight is 195 g/mol. The predicted molar refractivity (Wildman–Crippen MR) is 59.9 cm³/mol. The average Bonchev–Trinajstić information content (AvgIpc) is 2.75. The lowest BCUT2D eigenvalue weighted by Crippen LogP contribution is -2.16. The number of thiophene rings is 1. The topological polar surface area (TPSA) is 3.24 Å². The van der Waals surface area contributed by atoms with Crippen molar-refractivity contribution in [1.29, 1.82) is 0 Å². The Morgan fingerprint density at radius 3 is 2.54 bits per heavy atom. The zero-order valence-corrected chi connectivity index (χ0v) is 9.23. The van der Waals surface area contributed by atoms with E-state index in [9.17, 15) is 0 Å². The van der Waals surface area contributed by atoms with E-state index in [4.69, 9.17) is 0 Å². The van der Waals surface area contributed by atoms with E-state index in [-0.39, 0.29) is 0 Å². The maximum Gasteiger partial charge on any atom is 0.0477 e. The second-order valence-electron chi connectivity index (χ2n) is 4.06. The van der Waals surface area contributed by atoms with Crippen molar-refractivity contribution in [3.63, 3.8) is 0 Å². The first-order valence-corrected chi connectivity index (χ1v) is 5.98. The predicted octanol–water partition coefficient (Wildman–Crippen LogP) is 3.47. The molecule has 2 heterocycles. The summed E-state index contributed by atoms with van der Waals surface area (Å²) in [7, 11) is 0. The van der Waals surface area contributed by atoms with Crippen molar-refractivity contribution in [3.05, 3.63) is 16.3 Å². The lowest BCUT2D eigenvalue weighted by atomic mass is 10.2. The highest BCUT2D eigenvalue weighted by Crippen LogP contribution is 2.30. The molecule has 1 saturated heterocycles. The molecule has 1 aromatic rings. The Labute approximate surface area is 84.4 Å². The maximum absolute atomic E-state index is 2.50. The molecule has 0 N–H and O–H groups in total. The van der Waals surface area contributed by atoms with E-state index in [1.54, 1.807) is 0 Å². The first-order chi connectivity index (χ1) is 6.27. The van der Waals surface area contributed by atoms with Gasteiger partial charge in [-0.15, -0.1) is 11.3 Å². The molecule has 2 rings (SSSR count). The summed E-state index contributed by atoms with van der Waals surface area (Å²) < 4.78 is 0. The minimum atomic E-state index is 0.682. The number of nitrogens with zero attached hydrogens (tertiary/aromatic N) is 1. The standard InChI is InChI=1S/C11H17NS/c1-9(2)11-7-10(8-13-11)12-5-3-4-6-12/h7-9H,3-6H2,1-2H3. The van der Waals surface area contributed by atoms with Crippen molar-refractivity contribution in [3.8, 4) is 0 Å². The van der Waals surface area contributed by atoms with Crippen LogP contribution < -0.4 is 4.90 Å². The van der Waals surface area contributed by atoms with Gasteiger partial charge in [0.1, 0.15) is 0 Å². The second kappa shape index (κ2) is 3.70. The Bertz CT molecular complexity index is 271. The Morgan fingerprint density at radius 1 is 1.31 bits per heavy atom. The lowest BCUT2D eigenvalue weighted by molar-refractivity contribution is 0.887. The molecule has 0 unspecified atom stereocenters. The number of rotatable bonds is 2. The molecule has 0 aromatic carbocycles. The van der Waals surface area contributed by atoms with Gasteiger partial charge in [-0.1, -0.05) is 13.8 Å². The fourth-order valence-corrected chi connectivity index (χ4v) is 2.72. The molecule has 72 valence electrons. The van der Waals surface area contributed by atoms with Crippen LogP contribution in [-0.4, -0.2) is 13.1 Å². The molecule has 0 atom stereocenters. The summed E-state index contributed by atoms with van der Waals surface area (Å²) in [6.45, 7) is 7.04. The van der Waals surface area contributed by atoms with Crippen LogP contribution in [0.15, 0.2) is 11.4 Å². The molecule has 1 aliphatic heterocycles. The molecule has 1 fully saturated rings. The van der Waals surface area contributed by atoms with Crippen LogP contribution >= 0.6 is 11.3 Å². The Balaban J connectivity index is 2.12. The third-order valence-corrected chi connectivity index (χ3v) is 3.87. The summed E-state index contributed by atoms with van der Waals surface area (Å²) in [5.41, 5.74) is 1.45. The largest absolute Gasteiger partial charge is 0.371 e. The SMILES string of the molecule is CC(C)c1cc(N2CCCC2)cs1. The smallest absolute Gasteiger partial charge is 0.0477 e. The summed E-state index contributed by atoms with van der Waals surface area (Å²) in [6, 6.07) is 2.36. The summed E-state index contributed by atoms with van der Waals surface area (Å²) >= 11 is 1.90. The molecule has 0 saturated carbocycles. The van der Waals surface area contributed by atoms with Gasteiger partial charge in [-0.3, -0.25) is 0 Å². The Morgan fingerprint density at radius 2 is 2.00 bits per heavy atom. The highest BCUT2D eigenvalue weighted by molar-refractivity contribution is 7.10. The molecule has 0 bridgehead atoms. The van der Waals surface area contributed by atoms with Gasteiger partial charge in [0, 0.05) is 29.0 Å². The van der Waals surface area contributed by atoms with E-state index in [1.807, 2.05) is 11.3 Å². The van der Waals surface area contributed by atoms with Crippen LogP contribution in [0.4, 0.5) is 5.69 Å². The first kappa shape index (κ1) is 9.07. The van der Waals surface area contributed by atoms with Gasteiger partial charge >= 0.3 is 0 Å². The van der Waals surface area contributed by atoms with E-state index in [0.717, 1.165) is 0 Å². The summed E-state index contributed by atoms with van der Waals surface area (Å²) in [6.07, 6.45) is 2.74. The molecule has 0 spiro atoms. The zero-order chi connectivity index (χ0) is 9.26. The van der Waals surface area contributed by atoms with Crippen molar-refractivity contribution >= 4 is 17.0 Å². The van der Waals surface area contributed by atoms with Gasteiger partial charge in [0.05, 0.1) is 0 Å². The van der Waals surface area contributed by atoms with E-state index in [0.29, 0.717) is 5.92 Å². The molecular formula is C11H17NS. The maximum atomic E-state index is 2.50. The summed E-state index contributed by atoms with van der Waals surface area (Å²) in [5, 5.41) is 2.31. The van der Waals surface area contributed by atoms with Gasteiger partial charge in [-0.05, 0) is 24.8 Å². The summed E-state index contributed by atoms with van der Waals surface area (Å²) in [4.78, 5) is 4.02. The van der Waals surface area contributed by atoms with Crippen LogP contribution in [-0.2, 0) is 0 Å². The Hall–Kier alpha value is -0.500. The molecule has 2 heteroatoms. The highest BCUT2D eigenvalue weighted by atomic mass is 32.1. The van der Waals surface area contributed by atoms with Gasteiger partial charge < -0.3 is 4.90 Å².